The Morgan fingerprint density at radius 2 is 1.74 bits per heavy atom. The summed E-state index contributed by atoms with van der Waals surface area (Å²) < 4.78 is 40.7. The van der Waals surface area contributed by atoms with Crippen molar-refractivity contribution in [2.24, 2.45) is 5.92 Å². The number of carbonyl (C=O) groups is 1. The predicted octanol–water partition coefficient (Wildman–Crippen LogP) is 5.02. The van der Waals surface area contributed by atoms with Crippen LogP contribution >= 0.6 is 0 Å². The van der Waals surface area contributed by atoms with Crippen molar-refractivity contribution in [1.82, 2.24) is 0 Å². The molecule has 0 unspecified atom stereocenters. The van der Waals surface area contributed by atoms with E-state index in [-0.39, 0.29) is 12.5 Å². The summed E-state index contributed by atoms with van der Waals surface area (Å²) in [5.74, 6) is -1.58. The molecule has 128 valence electrons. The van der Waals surface area contributed by atoms with Crippen molar-refractivity contribution in [3.63, 3.8) is 0 Å². The summed E-state index contributed by atoms with van der Waals surface area (Å²) in [5, 5.41) is 0. The molecule has 5 heteroatoms. The molecule has 2 nitrogen and oxygen atoms in total. The van der Waals surface area contributed by atoms with Crippen LogP contribution in [0.4, 0.5) is 13.2 Å². The van der Waals surface area contributed by atoms with Crippen LogP contribution in [0.3, 0.4) is 0 Å². The highest BCUT2D eigenvalue weighted by atomic mass is 19.4. The second-order valence-corrected chi connectivity index (χ2v) is 6.31. The van der Waals surface area contributed by atoms with E-state index in [1.807, 2.05) is 0 Å². The van der Waals surface area contributed by atoms with Gasteiger partial charge in [-0.1, -0.05) is 37.6 Å². The molecule has 0 bridgehead atoms. The van der Waals surface area contributed by atoms with Gasteiger partial charge in [-0.2, -0.15) is 13.2 Å². The topological polar surface area (TPSA) is 26.3 Å². The quantitative estimate of drug-likeness (QED) is 0.710. The van der Waals surface area contributed by atoms with Crippen LogP contribution in [0, 0.1) is 5.92 Å². The van der Waals surface area contributed by atoms with Crippen molar-refractivity contribution < 1.29 is 22.7 Å². The number of aryl methyl sites for hydroxylation is 1. The van der Waals surface area contributed by atoms with E-state index in [1.165, 1.54) is 11.1 Å². The van der Waals surface area contributed by atoms with E-state index in [1.54, 1.807) is 0 Å². The Bertz CT molecular complexity index is 500. The number of hydrogen-bond acceptors (Lipinski definition) is 2. The summed E-state index contributed by atoms with van der Waals surface area (Å²) in [4.78, 5) is 10.7. The fourth-order valence-corrected chi connectivity index (χ4v) is 3.18. The van der Waals surface area contributed by atoms with Crippen molar-refractivity contribution in [3.8, 4) is 0 Å². The Balaban J connectivity index is 1.78. The molecule has 1 saturated carbocycles. The number of alkyl halides is 3. The zero-order chi connectivity index (χ0) is 16.9. The molecule has 2 rings (SSSR count). The van der Waals surface area contributed by atoms with Crippen molar-refractivity contribution in [2.45, 2.75) is 57.5 Å². The van der Waals surface area contributed by atoms with Gasteiger partial charge in [-0.15, -0.1) is 0 Å². The average Bonchev–Trinajstić information content (AvgIpc) is 2.53. The predicted molar refractivity (Wildman–Crippen MR) is 82.2 cm³/mol. The van der Waals surface area contributed by atoms with Crippen LogP contribution in [-0.4, -0.2) is 18.8 Å². The second kappa shape index (κ2) is 7.84. The van der Waals surface area contributed by atoms with Gasteiger partial charge in [0.05, 0.1) is 6.61 Å². The molecule has 1 aliphatic rings. The van der Waals surface area contributed by atoms with Gasteiger partial charge in [-0.05, 0) is 55.1 Å². The van der Waals surface area contributed by atoms with Crippen LogP contribution in [0.2, 0.25) is 0 Å². The number of carbonyl (C=O) groups excluding carboxylic acids is 1. The van der Waals surface area contributed by atoms with E-state index >= 15 is 0 Å². The molecule has 0 amide bonds. The van der Waals surface area contributed by atoms with E-state index in [0.717, 1.165) is 38.5 Å². The molecule has 0 N–H and O–H groups in total. The normalized spacial score (nSPS) is 21.9. The first-order chi connectivity index (χ1) is 10.9. The monoisotopic (exact) mass is 328 g/mol. The fraction of sp³-hybridized carbons (Fsp3) is 0.611. The van der Waals surface area contributed by atoms with Gasteiger partial charge < -0.3 is 4.74 Å². The number of ether oxygens (including phenoxy) is 1. The third-order valence-corrected chi connectivity index (χ3v) is 4.52. The smallest absolute Gasteiger partial charge is 0.459 e. The van der Waals surface area contributed by atoms with Crippen LogP contribution in [0.15, 0.2) is 24.3 Å². The molecule has 1 fully saturated rings. The van der Waals surface area contributed by atoms with Gasteiger partial charge in [0.2, 0.25) is 0 Å². The molecule has 23 heavy (non-hydrogen) atoms. The van der Waals surface area contributed by atoms with Gasteiger partial charge in [0, 0.05) is 0 Å². The van der Waals surface area contributed by atoms with Gasteiger partial charge in [0.25, 0.3) is 0 Å². The molecular formula is C18H23F3O2. The first-order valence-electron chi connectivity index (χ1n) is 8.23. The molecule has 0 saturated heterocycles. The molecule has 1 aromatic rings. The maximum Gasteiger partial charge on any atom is 0.490 e. The number of esters is 1. The van der Waals surface area contributed by atoms with Gasteiger partial charge in [0.15, 0.2) is 0 Å². The van der Waals surface area contributed by atoms with E-state index in [2.05, 4.69) is 35.9 Å². The Hall–Kier alpha value is -1.52. The van der Waals surface area contributed by atoms with Crippen LogP contribution in [-0.2, 0) is 16.0 Å². The number of rotatable bonds is 5. The number of benzene rings is 1. The summed E-state index contributed by atoms with van der Waals surface area (Å²) in [6.45, 7) is 2.03. The lowest BCUT2D eigenvalue weighted by Crippen LogP contribution is -2.28. The Kier molecular flexibility index (Phi) is 6.08. The third kappa shape index (κ3) is 5.26. The first-order valence-corrected chi connectivity index (χ1v) is 8.23. The highest BCUT2D eigenvalue weighted by molar-refractivity contribution is 5.75. The summed E-state index contributed by atoms with van der Waals surface area (Å²) in [5.41, 5.74) is 2.64. The van der Waals surface area contributed by atoms with E-state index < -0.39 is 12.1 Å². The molecule has 1 aromatic carbocycles. The van der Waals surface area contributed by atoms with E-state index in [4.69, 9.17) is 0 Å². The molecule has 0 aromatic heterocycles. The van der Waals surface area contributed by atoms with Crippen LogP contribution in [0.1, 0.15) is 56.1 Å². The SMILES string of the molecule is CCCc1ccc(C2CCC(COC(=O)C(F)(F)F)CC2)cc1. The van der Waals surface area contributed by atoms with E-state index in [0.29, 0.717) is 5.92 Å². The van der Waals surface area contributed by atoms with Crippen molar-refractivity contribution >= 4 is 5.97 Å². The Labute approximate surface area is 135 Å². The minimum absolute atomic E-state index is 0.0388. The maximum atomic E-state index is 12.1. The Morgan fingerprint density at radius 1 is 1.13 bits per heavy atom. The number of hydrogen-bond donors (Lipinski definition) is 0. The fourth-order valence-electron chi connectivity index (χ4n) is 3.18. The lowest BCUT2D eigenvalue weighted by atomic mass is 9.79. The third-order valence-electron chi connectivity index (χ3n) is 4.52. The molecule has 0 radical (unpaired) electrons. The lowest BCUT2D eigenvalue weighted by Gasteiger charge is -2.28. The minimum atomic E-state index is -4.89. The highest BCUT2D eigenvalue weighted by Gasteiger charge is 2.41. The van der Waals surface area contributed by atoms with E-state index in [9.17, 15) is 18.0 Å². The summed E-state index contributed by atoms with van der Waals surface area (Å²) in [6, 6.07) is 8.66. The molecule has 0 spiro atoms. The molecule has 0 heterocycles. The van der Waals surface area contributed by atoms with Gasteiger partial charge >= 0.3 is 12.1 Å². The number of halogens is 3. The van der Waals surface area contributed by atoms with Crippen molar-refractivity contribution in [3.05, 3.63) is 35.4 Å². The maximum absolute atomic E-state index is 12.1. The zero-order valence-corrected chi connectivity index (χ0v) is 13.4. The molecule has 0 atom stereocenters. The van der Waals surface area contributed by atoms with Gasteiger partial charge in [-0.25, -0.2) is 4.79 Å². The first kappa shape index (κ1) is 17.8. The van der Waals surface area contributed by atoms with Crippen LogP contribution in [0.25, 0.3) is 0 Å². The standard InChI is InChI=1S/C18H23F3O2/c1-2-3-13-4-8-15(9-5-13)16-10-6-14(7-11-16)12-23-17(22)18(19,20)21/h4-5,8-9,14,16H,2-3,6-7,10-12H2,1H3. The second-order valence-electron chi connectivity index (χ2n) is 6.31. The molecule has 1 aliphatic carbocycles. The van der Waals surface area contributed by atoms with Gasteiger partial charge in [0.1, 0.15) is 0 Å². The molecular weight excluding hydrogens is 305 g/mol. The summed E-state index contributed by atoms with van der Waals surface area (Å²) in [7, 11) is 0. The average molecular weight is 328 g/mol. The lowest BCUT2D eigenvalue weighted by molar-refractivity contribution is -0.201. The van der Waals surface area contributed by atoms with Gasteiger partial charge in [-0.3, -0.25) is 0 Å². The summed E-state index contributed by atoms with van der Waals surface area (Å²) >= 11 is 0. The zero-order valence-electron chi connectivity index (χ0n) is 13.4. The van der Waals surface area contributed by atoms with Crippen LogP contribution in [0.5, 0.6) is 0 Å². The van der Waals surface area contributed by atoms with Crippen LogP contribution < -0.4 is 0 Å². The molecule has 0 aliphatic heterocycles. The highest BCUT2D eigenvalue weighted by Crippen LogP contribution is 2.36. The largest absolute Gasteiger partial charge is 0.490 e. The van der Waals surface area contributed by atoms with Crippen molar-refractivity contribution in [2.75, 3.05) is 6.61 Å². The summed E-state index contributed by atoms with van der Waals surface area (Å²) in [6.07, 6.45) is 0.776. The Morgan fingerprint density at radius 3 is 2.26 bits per heavy atom. The minimum Gasteiger partial charge on any atom is -0.459 e. The van der Waals surface area contributed by atoms with Crippen molar-refractivity contribution in [1.29, 1.82) is 0 Å².